The number of aliphatic hydroxyl groups excluding tert-OH is 1. The first-order valence-electron chi connectivity index (χ1n) is 7.43. The van der Waals surface area contributed by atoms with Crippen molar-refractivity contribution in [1.29, 1.82) is 0 Å². The number of hydrogen-bond donors (Lipinski definition) is 3. The van der Waals surface area contributed by atoms with Crippen molar-refractivity contribution in [3.8, 4) is 0 Å². The number of carbonyl (C=O) groups is 1. The molecule has 0 aromatic heterocycles. The lowest BCUT2D eigenvalue weighted by Gasteiger charge is -2.39. The lowest BCUT2D eigenvalue weighted by Crippen LogP contribution is -2.62. The Bertz CT molecular complexity index is 308. The molecule has 1 amide bonds. The van der Waals surface area contributed by atoms with Crippen LogP contribution in [0.15, 0.2) is 0 Å². The third-order valence-electron chi connectivity index (χ3n) is 4.49. The van der Waals surface area contributed by atoms with E-state index in [1.807, 2.05) is 0 Å². The van der Waals surface area contributed by atoms with Crippen LogP contribution in [0, 0.1) is 0 Å². The third kappa shape index (κ3) is 3.09. The van der Waals surface area contributed by atoms with Crippen LogP contribution in [-0.2, 0) is 9.53 Å². The molecule has 0 aliphatic carbocycles. The zero-order chi connectivity index (χ0) is 13.8. The second-order valence-electron chi connectivity index (χ2n) is 5.87. The van der Waals surface area contributed by atoms with Gasteiger partial charge in [0.25, 0.3) is 0 Å². The van der Waals surface area contributed by atoms with Crippen LogP contribution in [-0.4, -0.2) is 48.5 Å². The maximum absolute atomic E-state index is 12.7. The van der Waals surface area contributed by atoms with Crippen molar-refractivity contribution in [3.63, 3.8) is 0 Å². The van der Waals surface area contributed by atoms with Crippen molar-refractivity contribution in [1.82, 2.24) is 10.6 Å². The highest BCUT2D eigenvalue weighted by atomic mass is 16.5. The first kappa shape index (κ1) is 14.8. The van der Waals surface area contributed by atoms with Gasteiger partial charge in [-0.2, -0.15) is 0 Å². The molecular formula is C14H26N2O3. The topological polar surface area (TPSA) is 70.6 Å². The summed E-state index contributed by atoms with van der Waals surface area (Å²) in [7, 11) is 0. The van der Waals surface area contributed by atoms with Gasteiger partial charge in [-0.25, -0.2) is 0 Å². The Kier molecular flexibility index (Phi) is 4.81. The van der Waals surface area contributed by atoms with Crippen molar-refractivity contribution in [2.45, 2.75) is 56.5 Å². The summed E-state index contributed by atoms with van der Waals surface area (Å²) >= 11 is 0. The molecule has 0 saturated carbocycles. The maximum Gasteiger partial charge on any atom is 0.240 e. The molecule has 0 bridgehead atoms. The van der Waals surface area contributed by atoms with Gasteiger partial charge in [0, 0.05) is 13.2 Å². The minimum Gasteiger partial charge on any atom is -0.394 e. The van der Waals surface area contributed by atoms with Crippen LogP contribution in [0.1, 0.15) is 45.4 Å². The van der Waals surface area contributed by atoms with Crippen LogP contribution in [0.2, 0.25) is 0 Å². The molecule has 2 aliphatic heterocycles. The normalized spacial score (nSPS) is 30.2. The SMILES string of the molecule is CCCC1(C(=O)NC2(CO)CCOCC2)CCCN1. The maximum atomic E-state index is 12.7. The molecule has 5 heteroatoms. The number of amides is 1. The molecule has 1 atom stereocenters. The van der Waals surface area contributed by atoms with Crippen LogP contribution in [0.4, 0.5) is 0 Å². The van der Waals surface area contributed by atoms with E-state index in [9.17, 15) is 9.90 Å². The highest BCUT2D eigenvalue weighted by Crippen LogP contribution is 2.28. The predicted octanol–water partition coefficient (Wildman–Crippen LogP) is 0.566. The Morgan fingerprint density at radius 2 is 2.11 bits per heavy atom. The van der Waals surface area contributed by atoms with E-state index in [0.717, 1.165) is 32.2 Å². The molecule has 0 radical (unpaired) electrons. The van der Waals surface area contributed by atoms with Crippen LogP contribution >= 0.6 is 0 Å². The van der Waals surface area contributed by atoms with Gasteiger partial charge >= 0.3 is 0 Å². The number of carbonyl (C=O) groups excluding carboxylic acids is 1. The first-order chi connectivity index (χ1) is 9.16. The Morgan fingerprint density at radius 3 is 2.63 bits per heavy atom. The van der Waals surface area contributed by atoms with E-state index in [0.29, 0.717) is 26.1 Å². The largest absolute Gasteiger partial charge is 0.394 e. The van der Waals surface area contributed by atoms with Gasteiger partial charge in [0.15, 0.2) is 0 Å². The molecule has 2 rings (SSSR count). The van der Waals surface area contributed by atoms with Gasteiger partial charge < -0.3 is 20.5 Å². The zero-order valence-corrected chi connectivity index (χ0v) is 11.8. The van der Waals surface area contributed by atoms with Crippen LogP contribution in [0.25, 0.3) is 0 Å². The Labute approximate surface area is 115 Å². The van der Waals surface area contributed by atoms with Gasteiger partial charge in [-0.05, 0) is 38.6 Å². The molecule has 19 heavy (non-hydrogen) atoms. The molecule has 2 fully saturated rings. The van der Waals surface area contributed by atoms with Crippen LogP contribution in [0.5, 0.6) is 0 Å². The van der Waals surface area contributed by atoms with Gasteiger partial charge in [0.1, 0.15) is 0 Å². The van der Waals surface area contributed by atoms with Crippen LogP contribution < -0.4 is 10.6 Å². The van der Waals surface area contributed by atoms with Crippen LogP contribution in [0.3, 0.4) is 0 Å². The van der Waals surface area contributed by atoms with E-state index in [-0.39, 0.29) is 12.5 Å². The quantitative estimate of drug-likeness (QED) is 0.683. The summed E-state index contributed by atoms with van der Waals surface area (Å²) in [6.07, 6.45) is 5.16. The Morgan fingerprint density at radius 1 is 1.37 bits per heavy atom. The van der Waals surface area contributed by atoms with Crippen molar-refractivity contribution >= 4 is 5.91 Å². The number of hydrogen-bond acceptors (Lipinski definition) is 4. The van der Waals surface area contributed by atoms with Crippen molar-refractivity contribution in [2.75, 3.05) is 26.4 Å². The van der Waals surface area contributed by atoms with E-state index < -0.39 is 11.1 Å². The van der Waals surface area contributed by atoms with Gasteiger partial charge in [-0.3, -0.25) is 4.79 Å². The Balaban J connectivity index is 2.05. The van der Waals surface area contributed by atoms with E-state index in [1.54, 1.807) is 0 Å². The molecule has 1 unspecified atom stereocenters. The molecule has 110 valence electrons. The van der Waals surface area contributed by atoms with E-state index in [2.05, 4.69) is 17.6 Å². The summed E-state index contributed by atoms with van der Waals surface area (Å²) < 4.78 is 5.33. The molecule has 0 aromatic rings. The van der Waals surface area contributed by atoms with E-state index in [4.69, 9.17) is 4.74 Å². The predicted molar refractivity (Wildman–Crippen MR) is 72.9 cm³/mol. The molecule has 2 heterocycles. The Hall–Kier alpha value is -0.650. The summed E-state index contributed by atoms with van der Waals surface area (Å²) in [6.45, 7) is 4.21. The average Bonchev–Trinajstić information content (AvgIpc) is 2.90. The summed E-state index contributed by atoms with van der Waals surface area (Å²) in [5.41, 5.74) is -0.907. The smallest absolute Gasteiger partial charge is 0.240 e. The number of rotatable bonds is 5. The molecule has 5 nitrogen and oxygen atoms in total. The standard InChI is InChI=1S/C14H26N2O3/c1-2-4-14(5-3-8-15-14)12(18)16-13(11-17)6-9-19-10-7-13/h15,17H,2-11H2,1H3,(H,16,18). The van der Waals surface area contributed by atoms with Crippen molar-refractivity contribution in [2.24, 2.45) is 0 Å². The van der Waals surface area contributed by atoms with Crippen molar-refractivity contribution < 1.29 is 14.6 Å². The molecule has 0 aromatic carbocycles. The molecular weight excluding hydrogens is 244 g/mol. The minimum atomic E-state index is -0.486. The second kappa shape index (κ2) is 6.20. The summed E-state index contributed by atoms with van der Waals surface area (Å²) in [5.74, 6) is 0.0581. The molecule has 2 aliphatic rings. The van der Waals surface area contributed by atoms with Gasteiger partial charge in [-0.15, -0.1) is 0 Å². The second-order valence-corrected chi connectivity index (χ2v) is 5.87. The highest BCUT2D eigenvalue weighted by molar-refractivity contribution is 5.87. The lowest BCUT2D eigenvalue weighted by atomic mass is 9.86. The molecule has 3 N–H and O–H groups in total. The summed E-state index contributed by atoms with van der Waals surface area (Å²) in [6, 6.07) is 0. The summed E-state index contributed by atoms with van der Waals surface area (Å²) in [4.78, 5) is 12.7. The zero-order valence-electron chi connectivity index (χ0n) is 11.8. The average molecular weight is 270 g/mol. The number of nitrogens with one attached hydrogen (secondary N) is 2. The van der Waals surface area contributed by atoms with Crippen molar-refractivity contribution in [3.05, 3.63) is 0 Å². The lowest BCUT2D eigenvalue weighted by molar-refractivity contribution is -0.131. The number of aliphatic hydroxyl groups is 1. The van der Waals surface area contributed by atoms with E-state index >= 15 is 0 Å². The van der Waals surface area contributed by atoms with Gasteiger partial charge in [-0.1, -0.05) is 13.3 Å². The fourth-order valence-corrected chi connectivity index (χ4v) is 3.20. The van der Waals surface area contributed by atoms with E-state index in [1.165, 1.54) is 0 Å². The minimum absolute atomic E-state index is 0.00962. The third-order valence-corrected chi connectivity index (χ3v) is 4.49. The molecule has 0 spiro atoms. The van der Waals surface area contributed by atoms with Gasteiger partial charge in [0.05, 0.1) is 17.7 Å². The fourth-order valence-electron chi connectivity index (χ4n) is 3.20. The fraction of sp³-hybridized carbons (Fsp3) is 0.929. The first-order valence-corrected chi connectivity index (χ1v) is 7.43. The monoisotopic (exact) mass is 270 g/mol. The van der Waals surface area contributed by atoms with Gasteiger partial charge in [0.2, 0.25) is 5.91 Å². The molecule has 2 saturated heterocycles. The highest BCUT2D eigenvalue weighted by Gasteiger charge is 2.44. The summed E-state index contributed by atoms with van der Waals surface area (Å²) in [5, 5.41) is 16.2. The number of ether oxygens (including phenoxy) is 1.